The van der Waals surface area contributed by atoms with Crippen LogP contribution in [0.3, 0.4) is 0 Å². The van der Waals surface area contributed by atoms with Crippen LogP contribution < -0.4 is 14.4 Å². The third-order valence-corrected chi connectivity index (χ3v) is 6.40. The van der Waals surface area contributed by atoms with E-state index >= 15 is 0 Å². The summed E-state index contributed by atoms with van der Waals surface area (Å²) in [5.74, 6) is -0.938. The van der Waals surface area contributed by atoms with E-state index in [9.17, 15) is 17.2 Å². The second-order valence-corrected chi connectivity index (χ2v) is 8.59. The van der Waals surface area contributed by atoms with Crippen molar-refractivity contribution in [3.8, 4) is 5.75 Å². The summed E-state index contributed by atoms with van der Waals surface area (Å²) in [6.45, 7) is 3.99. The van der Waals surface area contributed by atoms with E-state index in [0.717, 1.165) is 38.8 Å². The van der Waals surface area contributed by atoms with Gasteiger partial charge >= 0.3 is 0 Å². The van der Waals surface area contributed by atoms with Gasteiger partial charge < -0.3 is 9.64 Å². The molecule has 0 unspecified atom stereocenters. The number of nitrogens with zero attached hydrogens (tertiary/aromatic N) is 2. The summed E-state index contributed by atoms with van der Waals surface area (Å²) in [7, 11) is -2.45. The van der Waals surface area contributed by atoms with Crippen molar-refractivity contribution in [1.82, 2.24) is 9.62 Å². The quantitative estimate of drug-likeness (QED) is 0.659. The summed E-state index contributed by atoms with van der Waals surface area (Å²) in [6, 6.07) is 10.3. The number of hydrogen-bond donors (Lipinski definition) is 1. The first-order chi connectivity index (χ1) is 13.9. The average Bonchev–Trinajstić information content (AvgIpc) is 2.72. The number of ether oxygens (including phenoxy) is 1. The molecule has 1 aliphatic rings. The Balaban J connectivity index is 1.43. The van der Waals surface area contributed by atoms with Crippen molar-refractivity contribution in [2.24, 2.45) is 0 Å². The molecule has 0 aromatic heterocycles. The maximum atomic E-state index is 13.9. The SMILES string of the molecule is COc1ccc(S(=O)(=O)NCCCN2CCN(c3ccccc3F)CC2)cc1F. The molecular formula is C20H25F2N3O3S. The summed E-state index contributed by atoms with van der Waals surface area (Å²) < 4.78 is 59.5. The predicted octanol–water partition coefficient (Wildman–Crippen LogP) is 2.46. The zero-order chi connectivity index (χ0) is 20.9. The summed E-state index contributed by atoms with van der Waals surface area (Å²) in [5.41, 5.74) is 0.617. The van der Waals surface area contributed by atoms with Gasteiger partial charge in [0.1, 0.15) is 5.82 Å². The van der Waals surface area contributed by atoms with Crippen molar-refractivity contribution in [3.63, 3.8) is 0 Å². The Morgan fingerprint density at radius 3 is 2.41 bits per heavy atom. The lowest BCUT2D eigenvalue weighted by Crippen LogP contribution is -2.47. The molecule has 1 aliphatic heterocycles. The molecule has 158 valence electrons. The summed E-state index contributed by atoms with van der Waals surface area (Å²) in [4.78, 5) is 4.11. The van der Waals surface area contributed by atoms with E-state index < -0.39 is 15.8 Å². The van der Waals surface area contributed by atoms with E-state index in [2.05, 4.69) is 9.62 Å². The third-order valence-electron chi connectivity index (χ3n) is 4.94. The summed E-state index contributed by atoms with van der Waals surface area (Å²) in [5, 5.41) is 0. The molecule has 0 atom stereocenters. The number of benzene rings is 2. The van der Waals surface area contributed by atoms with Gasteiger partial charge in [0, 0.05) is 32.7 Å². The molecule has 0 spiro atoms. The van der Waals surface area contributed by atoms with E-state index in [1.54, 1.807) is 12.1 Å². The number of hydrogen-bond acceptors (Lipinski definition) is 5. The molecule has 0 radical (unpaired) electrons. The molecule has 2 aromatic carbocycles. The van der Waals surface area contributed by atoms with Gasteiger partial charge in [0.05, 0.1) is 17.7 Å². The van der Waals surface area contributed by atoms with Crippen molar-refractivity contribution in [2.75, 3.05) is 51.3 Å². The number of sulfonamides is 1. The number of nitrogens with one attached hydrogen (secondary N) is 1. The minimum atomic E-state index is -3.77. The first-order valence-corrected chi connectivity index (χ1v) is 10.9. The van der Waals surface area contributed by atoms with Gasteiger partial charge in [0.15, 0.2) is 11.6 Å². The lowest BCUT2D eigenvalue weighted by Gasteiger charge is -2.36. The predicted molar refractivity (Wildman–Crippen MR) is 108 cm³/mol. The number of piperazine rings is 1. The molecule has 2 aromatic rings. The minimum Gasteiger partial charge on any atom is -0.494 e. The van der Waals surface area contributed by atoms with E-state index in [1.807, 2.05) is 11.0 Å². The van der Waals surface area contributed by atoms with Crippen molar-refractivity contribution >= 4 is 15.7 Å². The Morgan fingerprint density at radius 2 is 1.76 bits per heavy atom. The highest BCUT2D eigenvalue weighted by Gasteiger charge is 2.20. The van der Waals surface area contributed by atoms with E-state index in [4.69, 9.17) is 4.74 Å². The van der Waals surface area contributed by atoms with Crippen molar-refractivity contribution in [3.05, 3.63) is 54.1 Å². The number of methoxy groups -OCH3 is 1. The van der Waals surface area contributed by atoms with Gasteiger partial charge in [-0.05, 0) is 43.3 Å². The fraction of sp³-hybridized carbons (Fsp3) is 0.400. The molecule has 0 saturated carbocycles. The number of anilines is 1. The highest BCUT2D eigenvalue weighted by molar-refractivity contribution is 7.89. The highest BCUT2D eigenvalue weighted by Crippen LogP contribution is 2.21. The monoisotopic (exact) mass is 425 g/mol. The molecule has 1 fully saturated rings. The van der Waals surface area contributed by atoms with Crippen molar-refractivity contribution in [2.45, 2.75) is 11.3 Å². The van der Waals surface area contributed by atoms with Gasteiger partial charge in [-0.15, -0.1) is 0 Å². The molecule has 6 nitrogen and oxygen atoms in total. The average molecular weight is 426 g/mol. The maximum Gasteiger partial charge on any atom is 0.240 e. The largest absolute Gasteiger partial charge is 0.494 e. The number of para-hydroxylation sites is 1. The minimum absolute atomic E-state index is 0.00141. The molecule has 0 bridgehead atoms. The van der Waals surface area contributed by atoms with Crippen molar-refractivity contribution in [1.29, 1.82) is 0 Å². The van der Waals surface area contributed by atoms with Crippen LogP contribution in [0.25, 0.3) is 0 Å². The smallest absolute Gasteiger partial charge is 0.240 e. The molecular weight excluding hydrogens is 400 g/mol. The second kappa shape index (κ2) is 9.51. The Bertz CT molecular complexity index is 932. The molecule has 3 rings (SSSR count). The first kappa shape index (κ1) is 21.5. The lowest BCUT2D eigenvalue weighted by atomic mass is 10.2. The summed E-state index contributed by atoms with van der Waals surface area (Å²) in [6.07, 6.45) is 0.623. The van der Waals surface area contributed by atoms with Gasteiger partial charge in [-0.25, -0.2) is 21.9 Å². The Kier molecular flexibility index (Phi) is 7.05. The molecule has 29 heavy (non-hydrogen) atoms. The maximum absolute atomic E-state index is 13.9. The lowest BCUT2D eigenvalue weighted by molar-refractivity contribution is 0.255. The molecule has 1 N–H and O–H groups in total. The zero-order valence-electron chi connectivity index (χ0n) is 16.3. The molecule has 1 saturated heterocycles. The fourth-order valence-electron chi connectivity index (χ4n) is 3.33. The Hall–Kier alpha value is -2.23. The van der Waals surface area contributed by atoms with Crippen LogP contribution in [-0.2, 0) is 10.0 Å². The van der Waals surface area contributed by atoms with Gasteiger partial charge in [0.2, 0.25) is 10.0 Å². The normalized spacial score (nSPS) is 15.5. The van der Waals surface area contributed by atoms with Crippen LogP contribution in [0.4, 0.5) is 14.5 Å². The molecule has 0 amide bonds. The van der Waals surface area contributed by atoms with Crippen LogP contribution in [0.1, 0.15) is 6.42 Å². The van der Waals surface area contributed by atoms with E-state index in [0.29, 0.717) is 12.1 Å². The van der Waals surface area contributed by atoms with Gasteiger partial charge in [0.25, 0.3) is 0 Å². The first-order valence-electron chi connectivity index (χ1n) is 9.46. The van der Waals surface area contributed by atoms with Crippen LogP contribution in [0, 0.1) is 11.6 Å². The molecule has 1 heterocycles. The van der Waals surface area contributed by atoms with Crippen LogP contribution in [0.15, 0.2) is 47.4 Å². The van der Waals surface area contributed by atoms with E-state index in [1.165, 1.54) is 25.3 Å². The van der Waals surface area contributed by atoms with Crippen molar-refractivity contribution < 1.29 is 21.9 Å². The van der Waals surface area contributed by atoms with Gasteiger partial charge in [-0.1, -0.05) is 12.1 Å². The highest BCUT2D eigenvalue weighted by atomic mass is 32.2. The fourth-order valence-corrected chi connectivity index (χ4v) is 4.41. The number of rotatable bonds is 8. The Morgan fingerprint density at radius 1 is 1.03 bits per heavy atom. The molecule has 0 aliphatic carbocycles. The Labute approximate surface area is 170 Å². The standard InChI is InChI=1S/C20H25F2N3O3S/c1-28-20-8-7-16(15-18(20)22)29(26,27)23-9-4-10-24-11-13-25(14-12-24)19-6-3-2-5-17(19)21/h2-3,5-8,15,23H,4,9-14H2,1H3. The number of halogens is 2. The third kappa shape index (κ3) is 5.43. The second-order valence-electron chi connectivity index (χ2n) is 6.83. The zero-order valence-corrected chi connectivity index (χ0v) is 17.1. The van der Waals surface area contributed by atoms with Crippen LogP contribution in [0.5, 0.6) is 5.75 Å². The van der Waals surface area contributed by atoms with E-state index in [-0.39, 0.29) is 23.0 Å². The van der Waals surface area contributed by atoms with Crippen LogP contribution in [-0.4, -0.2) is 59.7 Å². The topological polar surface area (TPSA) is 61.9 Å². The van der Waals surface area contributed by atoms with Gasteiger partial charge in [-0.2, -0.15) is 0 Å². The van der Waals surface area contributed by atoms with Gasteiger partial charge in [-0.3, -0.25) is 4.90 Å². The summed E-state index contributed by atoms with van der Waals surface area (Å²) >= 11 is 0. The van der Waals surface area contributed by atoms with Crippen LogP contribution in [0.2, 0.25) is 0 Å². The molecule has 9 heteroatoms. The van der Waals surface area contributed by atoms with Crippen LogP contribution >= 0.6 is 0 Å².